The number of hydrogen-bond donors (Lipinski definition) is 0. The molecule has 0 aromatic heterocycles. The maximum absolute atomic E-state index is 2.31. The van der Waals surface area contributed by atoms with Crippen LogP contribution in [0.1, 0.15) is 26.7 Å². The molecule has 1 rings (SSSR count). The summed E-state index contributed by atoms with van der Waals surface area (Å²) in [5.41, 5.74) is 2.95. The molecule has 0 saturated carbocycles. The zero-order chi connectivity index (χ0) is 8.27. The predicted octanol–water partition coefficient (Wildman–Crippen LogP) is 2.56. The minimum Gasteiger partial charge on any atom is -0.378 e. The second kappa shape index (κ2) is 3.61. The molecule has 1 aliphatic rings. The van der Waals surface area contributed by atoms with Gasteiger partial charge < -0.3 is 4.90 Å². The van der Waals surface area contributed by atoms with Gasteiger partial charge in [-0.25, -0.2) is 0 Å². The van der Waals surface area contributed by atoms with Crippen molar-refractivity contribution in [1.29, 1.82) is 0 Å². The van der Waals surface area contributed by atoms with E-state index in [9.17, 15) is 0 Å². The molecule has 0 bridgehead atoms. The van der Waals surface area contributed by atoms with Crippen molar-refractivity contribution in [1.82, 2.24) is 4.90 Å². The van der Waals surface area contributed by atoms with Crippen LogP contribution in [-0.4, -0.2) is 18.5 Å². The van der Waals surface area contributed by atoms with Crippen molar-refractivity contribution in [3.8, 4) is 0 Å². The van der Waals surface area contributed by atoms with Crippen LogP contribution in [0.25, 0.3) is 0 Å². The molecule has 0 fully saturated rings. The molecule has 1 nitrogen and oxygen atoms in total. The van der Waals surface area contributed by atoms with E-state index in [1.807, 2.05) is 0 Å². The van der Waals surface area contributed by atoms with Gasteiger partial charge in [0.15, 0.2) is 0 Å². The average molecular weight is 151 g/mol. The third-order valence-electron chi connectivity index (χ3n) is 2.31. The second-order valence-electron chi connectivity index (χ2n) is 3.09. The van der Waals surface area contributed by atoms with E-state index in [1.165, 1.54) is 24.2 Å². The van der Waals surface area contributed by atoms with E-state index in [2.05, 4.69) is 37.9 Å². The molecule has 0 unspecified atom stereocenters. The summed E-state index contributed by atoms with van der Waals surface area (Å²) in [6.07, 6.45) is 6.86. The number of rotatable bonds is 2. The largest absolute Gasteiger partial charge is 0.378 e. The fraction of sp³-hybridized carbons (Fsp3) is 0.600. The summed E-state index contributed by atoms with van der Waals surface area (Å²) < 4.78 is 0. The summed E-state index contributed by atoms with van der Waals surface area (Å²) in [5.74, 6) is 0. The van der Waals surface area contributed by atoms with Crippen LogP contribution < -0.4 is 0 Å². The van der Waals surface area contributed by atoms with Crippen LogP contribution in [0.4, 0.5) is 0 Å². The summed E-state index contributed by atoms with van der Waals surface area (Å²) in [4.78, 5) is 2.31. The molecule has 0 atom stereocenters. The van der Waals surface area contributed by atoms with Crippen LogP contribution in [-0.2, 0) is 0 Å². The molecule has 0 aliphatic carbocycles. The number of nitrogens with zero attached hydrogens (tertiary/aromatic N) is 1. The van der Waals surface area contributed by atoms with Crippen molar-refractivity contribution < 1.29 is 0 Å². The maximum atomic E-state index is 2.31. The lowest BCUT2D eigenvalue weighted by atomic mass is 10.2. The van der Waals surface area contributed by atoms with Gasteiger partial charge in [0.25, 0.3) is 0 Å². The molecule has 0 N–H and O–H groups in total. The van der Waals surface area contributed by atoms with E-state index >= 15 is 0 Å². The molecular formula is C10H17N. The van der Waals surface area contributed by atoms with Gasteiger partial charge in [-0.15, -0.1) is 0 Å². The SMILES string of the molecule is CC/C=C\C1=C(C)N(C)CC1. The molecule has 0 radical (unpaired) electrons. The smallest absolute Gasteiger partial charge is 0.0212 e. The van der Waals surface area contributed by atoms with Crippen LogP contribution in [0.5, 0.6) is 0 Å². The number of hydrogen-bond acceptors (Lipinski definition) is 1. The molecule has 11 heavy (non-hydrogen) atoms. The highest BCUT2D eigenvalue weighted by molar-refractivity contribution is 5.27. The zero-order valence-corrected chi connectivity index (χ0v) is 7.72. The molecule has 1 heteroatoms. The molecule has 0 saturated heterocycles. The monoisotopic (exact) mass is 151 g/mol. The molecular weight excluding hydrogens is 134 g/mol. The molecule has 0 aromatic carbocycles. The van der Waals surface area contributed by atoms with Gasteiger partial charge in [-0.05, 0) is 25.3 Å². The van der Waals surface area contributed by atoms with Crippen molar-refractivity contribution in [2.75, 3.05) is 13.6 Å². The summed E-state index contributed by atoms with van der Waals surface area (Å²) in [5, 5.41) is 0. The Morgan fingerprint density at radius 2 is 2.27 bits per heavy atom. The average Bonchev–Trinajstić information content (AvgIpc) is 2.31. The third-order valence-corrected chi connectivity index (χ3v) is 2.31. The van der Waals surface area contributed by atoms with Crippen molar-refractivity contribution in [3.63, 3.8) is 0 Å². The Balaban J connectivity index is 2.64. The Morgan fingerprint density at radius 3 is 2.73 bits per heavy atom. The predicted molar refractivity (Wildman–Crippen MR) is 49.4 cm³/mol. The molecule has 1 aliphatic heterocycles. The zero-order valence-electron chi connectivity index (χ0n) is 7.72. The van der Waals surface area contributed by atoms with Crippen LogP contribution in [0.3, 0.4) is 0 Å². The molecule has 0 aromatic rings. The third kappa shape index (κ3) is 1.86. The Morgan fingerprint density at radius 1 is 1.55 bits per heavy atom. The Labute approximate surface area is 69.4 Å². The summed E-state index contributed by atoms with van der Waals surface area (Å²) in [7, 11) is 2.15. The lowest BCUT2D eigenvalue weighted by molar-refractivity contribution is 0.460. The van der Waals surface area contributed by atoms with E-state index in [0.717, 1.165) is 6.42 Å². The Hall–Kier alpha value is -0.720. The van der Waals surface area contributed by atoms with Crippen LogP contribution in [0.2, 0.25) is 0 Å². The highest BCUT2D eigenvalue weighted by Crippen LogP contribution is 2.21. The topological polar surface area (TPSA) is 3.24 Å². The number of allylic oxidation sites excluding steroid dienone is 3. The normalized spacial score (nSPS) is 19.0. The van der Waals surface area contributed by atoms with Crippen LogP contribution >= 0.6 is 0 Å². The summed E-state index contributed by atoms with van der Waals surface area (Å²) in [6.45, 7) is 5.56. The van der Waals surface area contributed by atoms with Crippen molar-refractivity contribution in [2.24, 2.45) is 0 Å². The van der Waals surface area contributed by atoms with Crippen molar-refractivity contribution in [2.45, 2.75) is 26.7 Å². The quantitative estimate of drug-likeness (QED) is 0.586. The highest BCUT2D eigenvalue weighted by Gasteiger charge is 2.11. The molecule has 0 spiro atoms. The first kappa shape index (κ1) is 8.38. The van der Waals surface area contributed by atoms with Gasteiger partial charge >= 0.3 is 0 Å². The van der Waals surface area contributed by atoms with Gasteiger partial charge in [-0.3, -0.25) is 0 Å². The van der Waals surface area contributed by atoms with Crippen molar-refractivity contribution in [3.05, 3.63) is 23.4 Å². The fourth-order valence-electron chi connectivity index (χ4n) is 1.35. The van der Waals surface area contributed by atoms with Gasteiger partial charge in [-0.1, -0.05) is 19.1 Å². The van der Waals surface area contributed by atoms with Gasteiger partial charge in [0.2, 0.25) is 0 Å². The molecule has 1 heterocycles. The Bertz CT molecular complexity index is 189. The lowest BCUT2D eigenvalue weighted by Crippen LogP contribution is -2.10. The van der Waals surface area contributed by atoms with Gasteiger partial charge in [0.1, 0.15) is 0 Å². The van der Waals surface area contributed by atoms with E-state index in [4.69, 9.17) is 0 Å². The minimum absolute atomic E-state index is 1.14. The van der Waals surface area contributed by atoms with Gasteiger partial charge in [0.05, 0.1) is 0 Å². The summed E-state index contributed by atoms with van der Waals surface area (Å²) >= 11 is 0. The van der Waals surface area contributed by atoms with Crippen molar-refractivity contribution >= 4 is 0 Å². The van der Waals surface area contributed by atoms with E-state index < -0.39 is 0 Å². The fourth-order valence-corrected chi connectivity index (χ4v) is 1.35. The van der Waals surface area contributed by atoms with Gasteiger partial charge in [-0.2, -0.15) is 0 Å². The Kier molecular flexibility index (Phi) is 2.75. The van der Waals surface area contributed by atoms with E-state index in [0.29, 0.717) is 0 Å². The summed E-state index contributed by atoms with van der Waals surface area (Å²) in [6, 6.07) is 0. The standard InChI is InChI=1S/C10H17N/c1-4-5-6-10-7-8-11(3)9(10)2/h5-6H,4,7-8H2,1-3H3/b6-5-. The lowest BCUT2D eigenvalue weighted by Gasteiger charge is -2.10. The van der Waals surface area contributed by atoms with Gasteiger partial charge in [0, 0.05) is 19.3 Å². The van der Waals surface area contributed by atoms with Crippen LogP contribution in [0.15, 0.2) is 23.4 Å². The minimum atomic E-state index is 1.14. The first-order valence-corrected chi connectivity index (χ1v) is 4.33. The van der Waals surface area contributed by atoms with Crippen LogP contribution in [0, 0.1) is 0 Å². The first-order chi connectivity index (χ1) is 5.25. The van der Waals surface area contributed by atoms with E-state index in [-0.39, 0.29) is 0 Å². The highest BCUT2D eigenvalue weighted by atomic mass is 15.1. The van der Waals surface area contributed by atoms with E-state index in [1.54, 1.807) is 0 Å². The maximum Gasteiger partial charge on any atom is 0.0212 e. The second-order valence-corrected chi connectivity index (χ2v) is 3.09. The molecule has 62 valence electrons. The molecule has 0 amide bonds. The first-order valence-electron chi connectivity index (χ1n) is 4.33.